The summed E-state index contributed by atoms with van der Waals surface area (Å²) in [5, 5.41) is 0.592. The highest BCUT2D eigenvalue weighted by molar-refractivity contribution is 7.89. The van der Waals surface area contributed by atoms with Crippen molar-refractivity contribution < 1.29 is 13.2 Å². The third kappa shape index (κ3) is 3.96. The first-order chi connectivity index (χ1) is 10.0. The number of ether oxygens (including phenoxy) is 1. The number of aromatic nitrogens is 1. The van der Waals surface area contributed by atoms with E-state index in [9.17, 15) is 8.42 Å². The molecule has 116 valence electrons. The molecule has 0 spiro atoms. The molecule has 0 aliphatic heterocycles. The van der Waals surface area contributed by atoms with Crippen molar-refractivity contribution in [1.82, 2.24) is 9.71 Å². The minimum absolute atomic E-state index is 0.207. The fourth-order valence-electron chi connectivity index (χ4n) is 2.01. The molecule has 0 saturated carbocycles. The van der Waals surface area contributed by atoms with Crippen LogP contribution in [0.5, 0.6) is 0 Å². The molecule has 1 aromatic carbocycles. The number of H-pyrrole nitrogens is 1. The van der Waals surface area contributed by atoms with E-state index in [4.69, 9.17) is 10.5 Å². The first kappa shape index (κ1) is 15.8. The second-order valence-corrected chi connectivity index (χ2v) is 6.56. The molecule has 2 aromatic rings. The van der Waals surface area contributed by atoms with E-state index in [1.165, 1.54) is 6.20 Å². The summed E-state index contributed by atoms with van der Waals surface area (Å²) in [6.45, 7) is 3.35. The number of hydrogen-bond acceptors (Lipinski definition) is 4. The molecule has 1 aromatic heterocycles. The Morgan fingerprint density at radius 3 is 2.90 bits per heavy atom. The molecule has 0 amide bonds. The highest BCUT2D eigenvalue weighted by atomic mass is 32.2. The van der Waals surface area contributed by atoms with Crippen LogP contribution >= 0.6 is 0 Å². The molecule has 7 heteroatoms. The summed E-state index contributed by atoms with van der Waals surface area (Å²) in [6, 6.07) is 5.14. The van der Waals surface area contributed by atoms with Gasteiger partial charge in [-0.3, -0.25) is 0 Å². The van der Waals surface area contributed by atoms with E-state index >= 15 is 0 Å². The van der Waals surface area contributed by atoms with Crippen molar-refractivity contribution >= 4 is 26.6 Å². The van der Waals surface area contributed by atoms with Crippen LogP contribution in [0.25, 0.3) is 10.9 Å². The van der Waals surface area contributed by atoms with Gasteiger partial charge >= 0.3 is 0 Å². The molecule has 0 bridgehead atoms. The molecule has 0 aliphatic rings. The van der Waals surface area contributed by atoms with Crippen molar-refractivity contribution in [3.63, 3.8) is 0 Å². The normalized spacial score (nSPS) is 12.0. The zero-order valence-electron chi connectivity index (χ0n) is 12.1. The fourth-order valence-corrected chi connectivity index (χ4v) is 3.19. The average Bonchev–Trinajstić information content (AvgIpc) is 2.86. The lowest BCUT2D eigenvalue weighted by atomic mass is 10.2. The first-order valence-electron chi connectivity index (χ1n) is 6.98. The lowest BCUT2D eigenvalue weighted by molar-refractivity contribution is 0.136. The monoisotopic (exact) mass is 311 g/mol. The smallest absolute Gasteiger partial charge is 0.242 e. The number of hydrogen-bond donors (Lipinski definition) is 3. The van der Waals surface area contributed by atoms with Gasteiger partial charge in [0.2, 0.25) is 10.0 Å². The largest absolute Gasteiger partial charge is 0.399 e. The van der Waals surface area contributed by atoms with Crippen LogP contribution in [0, 0.1) is 0 Å². The predicted molar refractivity (Wildman–Crippen MR) is 83.6 cm³/mol. The van der Waals surface area contributed by atoms with Gasteiger partial charge in [-0.2, -0.15) is 0 Å². The number of sulfonamides is 1. The third-order valence-electron chi connectivity index (χ3n) is 3.14. The zero-order valence-corrected chi connectivity index (χ0v) is 12.9. The van der Waals surface area contributed by atoms with Crippen molar-refractivity contribution in [2.24, 2.45) is 0 Å². The number of aromatic amines is 1. The third-order valence-corrected chi connectivity index (χ3v) is 4.64. The van der Waals surface area contributed by atoms with Crippen molar-refractivity contribution in [3.05, 3.63) is 24.4 Å². The molecule has 0 fully saturated rings. The fraction of sp³-hybridized carbons (Fsp3) is 0.429. The summed E-state index contributed by atoms with van der Waals surface area (Å²) in [5.41, 5.74) is 6.98. The Hall–Kier alpha value is -1.57. The van der Waals surface area contributed by atoms with Gasteiger partial charge in [-0.1, -0.05) is 13.3 Å². The SMILES string of the molecule is CCCCOCCNS(=O)(=O)c1c[nH]c2ccc(N)cc12. The Balaban J connectivity index is 2.03. The van der Waals surface area contributed by atoms with Crippen LogP contribution in [0.15, 0.2) is 29.3 Å². The Morgan fingerprint density at radius 1 is 1.33 bits per heavy atom. The molecular weight excluding hydrogens is 290 g/mol. The van der Waals surface area contributed by atoms with Gasteiger partial charge in [0.05, 0.1) is 6.61 Å². The van der Waals surface area contributed by atoms with Gasteiger partial charge in [0.15, 0.2) is 0 Å². The number of rotatable bonds is 8. The van der Waals surface area contributed by atoms with Crippen LogP contribution in [-0.2, 0) is 14.8 Å². The Morgan fingerprint density at radius 2 is 2.14 bits per heavy atom. The molecule has 4 N–H and O–H groups in total. The van der Waals surface area contributed by atoms with Gasteiger partial charge in [-0.25, -0.2) is 13.1 Å². The van der Waals surface area contributed by atoms with Gasteiger partial charge in [-0.05, 0) is 24.6 Å². The van der Waals surface area contributed by atoms with E-state index in [2.05, 4.69) is 16.6 Å². The number of nitrogen functional groups attached to an aromatic ring is 1. The highest BCUT2D eigenvalue weighted by Crippen LogP contribution is 2.24. The molecule has 6 nitrogen and oxygen atoms in total. The van der Waals surface area contributed by atoms with Crippen LogP contribution in [-0.4, -0.2) is 33.2 Å². The summed E-state index contributed by atoms with van der Waals surface area (Å²) in [7, 11) is -3.57. The van der Waals surface area contributed by atoms with Gasteiger partial charge in [-0.15, -0.1) is 0 Å². The lowest BCUT2D eigenvalue weighted by Crippen LogP contribution is -2.27. The molecule has 21 heavy (non-hydrogen) atoms. The van der Waals surface area contributed by atoms with E-state index < -0.39 is 10.0 Å². The van der Waals surface area contributed by atoms with Crippen LogP contribution < -0.4 is 10.5 Å². The summed E-state index contributed by atoms with van der Waals surface area (Å²) < 4.78 is 32.4. The lowest BCUT2D eigenvalue weighted by Gasteiger charge is -2.06. The molecule has 0 atom stereocenters. The summed E-state index contributed by atoms with van der Waals surface area (Å²) in [5.74, 6) is 0. The number of unbranched alkanes of at least 4 members (excludes halogenated alkanes) is 1. The second-order valence-electron chi connectivity index (χ2n) is 4.82. The molecule has 0 aliphatic carbocycles. The van der Waals surface area contributed by atoms with Gasteiger partial charge < -0.3 is 15.5 Å². The first-order valence-corrected chi connectivity index (χ1v) is 8.47. The minimum atomic E-state index is -3.57. The topological polar surface area (TPSA) is 97.2 Å². The van der Waals surface area contributed by atoms with E-state index in [0.717, 1.165) is 18.4 Å². The van der Waals surface area contributed by atoms with Gasteiger partial charge in [0.25, 0.3) is 0 Å². The number of benzene rings is 1. The van der Waals surface area contributed by atoms with Crippen LogP contribution in [0.4, 0.5) is 5.69 Å². The van der Waals surface area contributed by atoms with Crippen LogP contribution in [0.3, 0.4) is 0 Å². The maximum absolute atomic E-state index is 12.3. The Kier molecular flexibility index (Phi) is 5.22. The van der Waals surface area contributed by atoms with Crippen LogP contribution in [0.1, 0.15) is 19.8 Å². The van der Waals surface area contributed by atoms with Crippen molar-refractivity contribution in [2.45, 2.75) is 24.7 Å². The second kappa shape index (κ2) is 6.93. The van der Waals surface area contributed by atoms with Gasteiger partial charge in [0, 0.05) is 35.9 Å². The zero-order chi connectivity index (χ0) is 15.3. The summed E-state index contributed by atoms with van der Waals surface area (Å²) in [6.07, 6.45) is 3.52. The van der Waals surface area contributed by atoms with Crippen molar-refractivity contribution in [1.29, 1.82) is 0 Å². The molecule has 2 rings (SSSR count). The maximum atomic E-state index is 12.3. The molecule has 1 heterocycles. The average molecular weight is 311 g/mol. The standard InChI is InChI=1S/C14H21N3O3S/c1-2-3-7-20-8-6-17-21(18,19)14-10-16-13-5-4-11(15)9-12(13)14/h4-5,9-10,16-17H,2-3,6-8,15H2,1H3. The molecular formula is C14H21N3O3S. The number of nitrogens with two attached hydrogens (primary N) is 1. The Labute approximate surface area is 124 Å². The Bertz CT molecular complexity index is 695. The number of fused-ring (bicyclic) bond motifs is 1. The molecule has 0 saturated heterocycles. The summed E-state index contributed by atoms with van der Waals surface area (Å²) in [4.78, 5) is 3.14. The molecule has 0 radical (unpaired) electrons. The predicted octanol–water partition coefficient (Wildman–Crippen LogP) is 1.85. The highest BCUT2D eigenvalue weighted by Gasteiger charge is 2.18. The van der Waals surface area contributed by atoms with Crippen LogP contribution in [0.2, 0.25) is 0 Å². The van der Waals surface area contributed by atoms with Crippen molar-refractivity contribution in [3.8, 4) is 0 Å². The minimum Gasteiger partial charge on any atom is -0.399 e. The quantitative estimate of drug-likeness (QED) is 0.512. The number of anilines is 1. The van der Waals surface area contributed by atoms with Gasteiger partial charge in [0.1, 0.15) is 4.90 Å². The van der Waals surface area contributed by atoms with E-state index in [1.54, 1.807) is 18.2 Å². The molecule has 0 unspecified atom stereocenters. The van der Waals surface area contributed by atoms with E-state index in [0.29, 0.717) is 24.3 Å². The number of nitrogens with one attached hydrogen (secondary N) is 2. The van der Waals surface area contributed by atoms with E-state index in [1.807, 2.05) is 0 Å². The summed E-state index contributed by atoms with van der Waals surface area (Å²) >= 11 is 0. The van der Waals surface area contributed by atoms with Crippen molar-refractivity contribution in [2.75, 3.05) is 25.5 Å². The maximum Gasteiger partial charge on any atom is 0.242 e. The van der Waals surface area contributed by atoms with E-state index in [-0.39, 0.29) is 11.4 Å².